The molecule has 106 valence electrons. The van der Waals surface area contributed by atoms with E-state index in [1.165, 1.54) is 6.33 Å². The van der Waals surface area contributed by atoms with Crippen molar-refractivity contribution in [3.63, 3.8) is 0 Å². The molecule has 2 aromatic heterocycles. The number of hydrogen-bond acceptors (Lipinski definition) is 5. The van der Waals surface area contributed by atoms with E-state index >= 15 is 0 Å². The Morgan fingerprint density at radius 3 is 2.55 bits per heavy atom. The van der Waals surface area contributed by atoms with Crippen molar-refractivity contribution in [2.24, 2.45) is 0 Å². The van der Waals surface area contributed by atoms with Gasteiger partial charge in [-0.1, -0.05) is 0 Å². The second-order valence-electron chi connectivity index (χ2n) is 5.30. The van der Waals surface area contributed by atoms with Crippen molar-refractivity contribution in [3.8, 4) is 5.69 Å². The molecule has 0 saturated heterocycles. The van der Waals surface area contributed by atoms with Gasteiger partial charge >= 0.3 is 6.09 Å². The number of ether oxygens (including phenoxy) is 1. The van der Waals surface area contributed by atoms with Gasteiger partial charge in [0.2, 0.25) is 0 Å². The van der Waals surface area contributed by atoms with Crippen molar-refractivity contribution >= 4 is 11.8 Å². The number of rotatable bonds is 2. The van der Waals surface area contributed by atoms with E-state index < -0.39 is 11.7 Å². The zero-order valence-corrected chi connectivity index (χ0v) is 11.9. The molecular formula is C13H17N5O2. The maximum Gasteiger partial charge on any atom is 0.412 e. The lowest BCUT2D eigenvalue weighted by Gasteiger charge is -2.19. The van der Waals surface area contributed by atoms with Crippen molar-refractivity contribution in [2.75, 3.05) is 5.32 Å². The van der Waals surface area contributed by atoms with Crippen molar-refractivity contribution < 1.29 is 9.53 Å². The maximum atomic E-state index is 11.7. The summed E-state index contributed by atoms with van der Waals surface area (Å²) in [5, 5.41) is 6.97. The number of nitrogens with one attached hydrogen (secondary N) is 1. The number of aryl methyl sites for hydroxylation is 1. The first-order chi connectivity index (χ1) is 9.35. The van der Waals surface area contributed by atoms with Gasteiger partial charge in [0.05, 0.1) is 30.0 Å². The molecule has 0 radical (unpaired) electrons. The van der Waals surface area contributed by atoms with E-state index in [1.807, 2.05) is 20.8 Å². The Balaban J connectivity index is 2.15. The molecule has 0 spiro atoms. The van der Waals surface area contributed by atoms with Gasteiger partial charge in [-0.3, -0.25) is 5.32 Å². The van der Waals surface area contributed by atoms with E-state index in [0.29, 0.717) is 17.1 Å². The fourth-order valence-corrected chi connectivity index (χ4v) is 1.54. The molecule has 0 aromatic carbocycles. The summed E-state index contributed by atoms with van der Waals surface area (Å²) in [6.07, 6.45) is 5.90. The minimum absolute atomic E-state index is 0.510. The molecule has 7 heteroatoms. The highest BCUT2D eigenvalue weighted by Crippen LogP contribution is 2.17. The van der Waals surface area contributed by atoms with Crippen LogP contribution in [0, 0.1) is 6.92 Å². The second-order valence-corrected chi connectivity index (χ2v) is 5.30. The molecule has 0 fully saturated rings. The lowest BCUT2D eigenvalue weighted by atomic mass is 10.2. The van der Waals surface area contributed by atoms with Gasteiger partial charge in [0, 0.05) is 0 Å². The molecule has 2 heterocycles. The van der Waals surface area contributed by atoms with Crippen LogP contribution in [0.5, 0.6) is 0 Å². The molecule has 2 aromatic rings. The second kappa shape index (κ2) is 5.28. The van der Waals surface area contributed by atoms with Gasteiger partial charge in [0.15, 0.2) is 0 Å². The van der Waals surface area contributed by atoms with Crippen LogP contribution < -0.4 is 5.32 Å². The molecule has 0 atom stereocenters. The Morgan fingerprint density at radius 2 is 1.95 bits per heavy atom. The number of hydrogen-bond donors (Lipinski definition) is 1. The maximum absolute atomic E-state index is 11.7. The number of carbonyl (C=O) groups excluding carboxylic acids is 1. The van der Waals surface area contributed by atoms with E-state index in [1.54, 1.807) is 30.2 Å². The summed E-state index contributed by atoms with van der Waals surface area (Å²) in [4.78, 5) is 19.6. The van der Waals surface area contributed by atoms with Crippen molar-refractivity contribution in [2.45, 2.75) is 33.3 Å². The molecule has 20 heavy (non-hydrogen) atoms. The lowest BCUT2D eigenvalue weighted by Crippen LogP contribution is -2.27. The summed E-state index contributed by atoms with van der Waals surface area (Å²) in [5.74, 6) is 0. The normalized spacial score (nSPS) is 11.2. The first-order valence-corrected chi connectivity index (χ1v) is 6.17. The highest BCUT2D eigenvalue weighted by atomic mass is 16.6. The Morgan fingerprint density at radius 1 is 1.30 bits per heavy atom. The van der Waals surface area contributed by atoms with Gasteiger partial charge in [-0.05, 0) is 27.7 Å². The van der Waals surface area contributed by atoms with Crippen LogP contribution in [0.25, 0.3) is 5.69 Å². The minimum atomic E-state index is -0.540. The number of carbonyl (C=O) groups is 1. The summed E-state index contributed by atoms with van der Waals surface area (Å²) in [5.41, 5.74) is 1.44. The number of aromatic nitrogens is 4. The number of amides is 1. The summed E-state index contributed by atoms with van der Waals surface area (Å²) in [7, 11) is 0. The Labute approximate surface area is 117 Å². The van der Waals surface area contributed by atoms with Crippen LogP contribution in [0.1, 0.15) is 26.5 Å². The Kier molecular flexibility index (Phi) is 3.69. The molecule has 1 N–H and O–H groups in total. The monoisotopic (exact) mass is 275 g/mol. The molecule has 1 amide bonds. The molecular weight excluding hydrogens is 258 g/mol. The molecule has 2 rings (SSSR count). The highest BCUT2D eigenvalue weighted by Gasteiger charge is 2.18. The van der Waals surface area contributed by atoms with Gasteiger partial charge < -0.3 is 4.74 Å². The number of nitrogens with zero attached hydrogens (tertiary/aromatic N) is 4. The quantitative estimate of drug-likeness (QED) is 0.909. The Bertz CT molecular complexity index is 601. The van der Waals surface area contributed by atoms with Gasteiger partial charge in [-0.15, -0.1) is 0 Å². The molecule has 0 aliphatic carbocycles. The third-order valence-corrected chi connectivity index (χ3v) is 2.35. The summed E-state index contributed by atoms with van der Waals surface area (Å²) >= 11 is 0. The summed E-state index contributed by atoms with van der Waals surface area (Å²) in [6, 6.07) is 0. The van der Waals surface area contributed by atoms with Gasteiger partial charge in [0.1, 0.15) is 17.6 Å². The van der Waals surface area contributed by atoms with Crippen LogP contribution in [0.2, 0.25) is 0 Å². The molecule has 0 saturated carbocycles. The Hall–Kier alpha value is -2.44. The molecule has 0 bridgehead atoms. The lowest BCUT2D eigenvalue weighted by molar-refractivity contribution is 0.0636. The minimum Gasteiger partial charge on any atom is -0.444 e. The molecule has 0 aliphatic heterocycles. The van der Waals surface area contributed by atoms with Crippen molar-refractivity contribution in [1.82, 2.24) is 19.7 Å². The average Bonchev–Trinajstić information content (AvgIpc) is 2.70. The highest BCUT2D eigenvalue weighted by molar-refractivity contribution is 5.85. The van der Waals surface area contributed by atoms with Gasteiger partial charge in [-0.2, -0.15) is 5.10 Å². The van der Waals surface area contributed by atoms with E-state index in [4.69, 9.17) is 4.74 Å². The smallest absolute Gasteiger partial charge is 0.412 e. The van der Waals surface area contributed by atoms with E-state index in [9.17, 15) is 4.79 Å². The van der Waals surface area contributed by atoms with Crippen molar-refractivity contribution in [3.05, 3.63) is 30.6 Å². The third kappa shape index (κ3) is 3.53. The average molecular weight is 275 g/mol. The first kappa shape index (κ1) is 14.0. The summed E-state index contributed by atoms with van der Waals surface area (Å²) < 4.78 is 6.80. The zero-order chi connectivity index (χ0) is 14.8. The number of anilines is 1. The predicted octanol–water partition coefficient (Wildman–Crippen LogP) is 2.32. The largest absolute Gasteiger partial charge is 0.444 e. The van der Waals surface area contributed by atoms with Crippen LogP contribution in [-0.4, -0.2) is 31.4 Å². The van der Waals surface area contributed by atoms with Crippen LogP contribution in [-0.2, 0) is 4.74 Å². The molecule has 0 unspecified atom stereocenters. The van der Waals surface area contributed by atoms with Crippen molar-refractivity contribution in [1.29, 1.82) is 0 Å². The van der Waals surface area contributed by atoms with E-state index in [2.05, 4.69) is 20.4 Å². The first-order valence-electron chi connectivity index (χ1n) is 6.17. The fourth-order valence-electron chi connectivity index (χ4n) is 1.54. The van der Waals surface area contributed by atoms with Gasteiger partial charge in [-0.25, -0.2) is 19.4 Å². The predicted molar refractivity (Wildman–Crippen MR) is 73.7 cm³/mol. The standard InChI is InChI=1S/C13H17N5O2/c1-9-11(16-12(19)20-13(2,3)4)7-18(17-9)10-5-14-8-15-6-10/h5-8H,1-4H3,(H,16,19). The fraction of sp³-hybridized carbons (Fsp3) is 0.385. The van der Waals surface area contributed by atoms with E-state index in [-0.39, 0.29) is 0 Å². The van der Waals surface area contributed by atoms with Crippen LogP contribution in [0.15, 0.2) is 24.9 Å². The third-order valence-electron chi connectivity index (χ3n) is 2.35. The topological polar surface area (TPSA) is 81.9 Å². The van der Waals surface area contributed by atoms with Gasteiger partial charge in [0.25, 0.3) is 0 Å². The van der Waals surface area contributed by atoms with Crippen LogP contribution in [0.4, 0.5) is 10.5 Å². The van der Waals surface area contributed by atoms with Crippen LogP contribution >= 0.6 is 0 Å². The molecule has 7 nitrogen and oxygen atoms in total. The molecule has 0 aliphatic rings. The zero-order valence-electron chi connectivity index (χ0n) is 11.9. The van der Waals surface area contributed by atoms with Crippen LogP contribution in [0.3, 0.4) is 0 Å². The van der Waals surface area contributed by atoms with E-state index in [0.717, 1.165) is 0 Å². The SMILES string of the molecule is Cc1nn(-c2cncnc2)cc1NC(=O)OC(C)(C)C. The summed E-state index contributed by atoms with van der Waals surface area (Å²) in [6.45, 7) is 7.23.